The summed E-state index contributed by atoms with van der Waals surface area (Å²) in [6.45, 7) is 3.62. The number of hydrogen-bond acceptors (Lipinski definition) is 5. The normalized spacial score (nSPS) is 11.9. The first-order chi connectivity index (χ1) is 9.47. The first kappa shape index (κ1) is 14.0. The molecule has 0 bridgehead atoms. The van der Waals surface area contributed by atoms with Crippen LogP contribution in [-0.4, -0.2) is 9.91 Å². The van der Waals surface area contributed by atoms with Crippen LogP contribution in [0, 0.1) is 17.0 Å². The third kappa shape index (κ3) is 3.10. The highest BCUT2D eigenvalue weighted by Gasteiger charge is 2.16. The number of rotatable bonds is 4. The van der Waals surface area contributed by atoms with Gasteiger partial charge in [0.25, 0.3) is 0 Å². The molecule has 0 aliphatic rings. The Morgan fingerprint density at radius 2 is 2.10 bits per heavy atom. The summed E-state index contributed by atoms with van der Waals surface area (Å²) in [6, 6.07) is 8.07. The first-order valence-corrected chi connectivity index (χ1v) is 6.12. The fraction of sp³-hybridized carbons (Fsp3) is 0.214. The van der Waals surface area contributed by atoms with E-state index in [0.717, 1.165) is 11.1 Å². The van der Waals surface area contributed by atoms with Gasteiger partial charge in [-0.05, 0) is 37.1 Å². The third-order valence-corrected chi connectivity index (χ3v) is 2.81. The fourth-order valence-corrected chi connectivity index (χ4v) is 1.73. The first-order valence-electron chi connectivity index (χ1n) is 6.12. The summed E-state index contributed by atoms with van der Waals surface area (Å²) < 4.78 is 5.51. The Morgan fingerprint density at radius 3 is 2.75 bits per heavy atom. The Kier molecular flexibility index (Phi) is 3.95. The lowest BCUT2D eigenvalue weighted by Gasteiger charge is -2.09. The highest BCUT2D eigenvalue weighted by atomic mass is 16.6. The predicted octanol–water partition coefficient (Wildman–Crippen LogP) is 3.11. The van der Waals surface area contributed by atoms with E-state index in [9.17, 15) is 10.1 Å². The zero-order valence-corrected chi connectivity index (χ0v) is 11.2. The van der Waals surface area contributed by atoms with Crippen molar-refractivity contribution in [1.29, 1.82) is 0 Å². The van der Waals surface area contributed by atoms with E-state index in [1.54, 1.807) is 37.4 Å². The smallest absolute Gasteiger partial charge is 0.311 e. The molecule has 1 heterocycles. The Hall–Kier alpha value is -2.47. The molecule has 6 heteroatoms. The number of ether oxygens (including phenoxy) is 1. The van der Waals surface area contributed by atoms with E-state index in [1.807, 2.05) is 6.92 Å². The fourth-order valence-electron chi connectivity index (χ4n) is 1.73. The molecule has 0 aliphatic heterocycles. The lowest BCUT2D eigenvalue weighted by molar-refractivity contribution is -0.385. The maximum Gasteiger partial charge on any atom is 0.311 e. The van der Waals surface area contributed by atoms with Gasteiger partial charge in [0.15, 0.2) is 0 Å². The molecule has 1 aromatic heterocycles. The molecule has 20 heavy (non-hydrogen) atoms. The number of hydrogen-bond donors (Lipinski definition) is 1. The van der Waals surface area contributed by atoms with Gasteiger partial charge in [-0.2, -0.15) is 0 Å². The molecule has 104 valence electrons. The van der Waals surface area contributed by atoms with E-state index >= 15 is 0 Å². The van der Waals surface area contributed by atoms with E-state index in [2.05, 4.69) is 4.98 Å². The topological polar surface area (TPSA) is 91.3 Å². The van der Waals surface area contributed by atoms with E-state index in [0.29, 0.717) is 0 Å². The highest BCUT2D eigenvalue weighted by molar-refractivity contribution is 5.49. The lowest BCUT2D eigenvalue weighted by Crippen LogP contribution is -2.05. The second-order valence-electron chi connectivity index (χ2n) is 4.55. The van der Waals surface area contributed by atoms with Crippen molar-refractivity contribution in [1.82, 2.24) is 4.98 Å². The highest BCUT2D eigenvalue weighted by Crippen LogP contribution is 2.31. The number of nitrogens with two attached hydrogens (primary N) is 1. The molecule has 0 unspecified atom stereocenters. The van der Waals surface area contributed by atoms with E-state index in [4.69, 9.17) is 10.5 Å². The third-order valence-electron chi connectivity index (χ3n) is 2.81. The minimum atomic E-state index is -0.474. The molecular formula is C14H15N3O3. The molecule has 1 aromatic carbocycles. The molecule has 0 aliphatic carbocycles. The van der Waals surface area contributed by atoms with Gasteiger partial charge in [0.05, 0.1) is 4.92 Å². The second kappa shape index (κ2) is 5.66. The molecule has 0 saturated heterocycles. The number of nitrogens with zero attached hydrogens (tertiary/aromatic N) is 2. The Bertz CT molecular complexity index is 641. The van der Waals surface area contributed by atoms with Crippen molar-refractivity contribution in [2.45, 2.75) is 19.9 Å². The molecule has 0 saturated carbocycles. The summed E-state index contributed by atoms with van der Waals surface area (Å²) >= 11 is 0. The van der Waals surface area contributed by atoms with Gasteiger partial charge >= 0.3 is 5.69 Å². The van der Waals surface area contributed by atoms with Gasteiger partial charge in [0.1, 0.15) is 0 Å². The van der Waals surface area contributed by atoms with Crippen LogP contribution >= 0.6 is 0 Å². The SMILES string of the molecule is Cc1ccc(Oc2cc([C@@H](C)N)ccn2)c([N+](=O)[O-])c1. The minimum Gasteiger partial charge on any atom is -0.432 e. The van der Waals surface area contributed by atoms with Crippen LogP contribution < -0.4 is 10.5 Å². The number of pyridine rings is 1. The quantitative estimate of drug-likeness (QED) is 0.682. The van der Waals surface area contributed by atoms with Crippen molar-refractivity contribution in [2.24, 2.45) is 5.73 Å². The lowest BCUT2D eigenvalue weighted by atomic mass is 10.1. The Balaban J connectivity index is 2.35. The maximum absolute atomic E-state index is 11.0. The standard InChI is InChI=1S/C14H15N3O3/c1-9-3-4-13(12(7-9)17(18)19)20-14-8-11(10(2)15)5-6-16-14/h3-8,10H,15H2,1-2H3/t10-/m1/s1. The summed E-state index contributed by atoms with van der Waals surface area (Å²) in [5.41, 5.74) is 7.34. The van der Waals surface area contributed by atoms with Crippen LogP contribution in [0.15, 0.2) is 36.5 Å². The van der Waals surface area contributed by atoms with Crippen molar-refractivity contribution in [2.75, 3.05) is 0 Å². The van der Waals surface area contributed by atoms with Crippen molar-refractivity contribution in [3.05, 3.63) is 57.8 Å². The monoisotopic (exact) mass is 273 g/mol. The largest absolute Gasteiger partial charge is 0.432 e. The van der Waals surface area contributed by atoms with Crippen molar-refractivity contribution in [3.8, 4) is 11.6 Å². The molecule has 0 amide bonds. The van der Waals surface area contributed by atoms with E-state index in [1.165, 1.54) is 6.07 Å². The number of benzene rings is 1. The average Bonchev–Trinajstić information content (AvgIpc) is 2.41. The van der Waals surface area contributed by atoms with E-state index in [-0.39, 0.29) is 23.4 Å². The van der Waals surface area contributed by atoms with Gasteiger partial charge in [-0.3, -0.25) is 10.1 Å². The van der Waals surface area contributed by atoms with Crippen LogP contribution in [0.25, 0.3) is 0 Å². The molecule has 0 fully saturated rings. The molecule has 0 radical (unpaired) electrons. The number of nitro benzene ring substituents is 1. The molecule has 1 atom stereocenters. The average molecular weight is 273 g/mol. The van der Waals surface area contributed by atoms with Gasteiger partial charge in [-0.25, -0.2) is 4.98 Å². The number of aromatic nitrogens is 1. The zero-order valence-electron chi connectivity index (χ0n) is 11.2. The molecule has 2 rings (SSSR count). The summed E-state index contributed by atoms with van der Waals surface area (Å²) in [4.78, 5) is 14.6. The summed E-state index contributed by atoms with van der Waals surface area (Å²) in [5, 5.41) is 11.0. The molecule has 2 N–H and O–H groups in total. The van der Waals surface area contributed by atoms with Gasteiger partial charge in [-0.15, -0.1) is 0 Å². The predicted molar refractivity (Wildman–Crippen MR) is 74.7 cm³/mol. The van der Waals surface area contributed by atoms with Crippen LogP contribution in [0.4, 0.5) is 5.69 Å². The zero-order chi connectivity index (χ0) is 14.7. The van der Waals surface area contributed by atoms with Crippen LogP contribution in [0.2, 0.25) is 0 Å². The van der Waals surface area contributed by atoms with Crippen LogP contribution in [0.5, 0.6) is 11.6 Å². The van der Waals surface area contributed by atoms with Crippen molar-refractivity contribution < 1.29 is 9.66 Å². The molecular weight excluding hydrogens is 258 g/mol. The van der Waals surface area contributed by atoms with Crippen LogP contribution in [0.1, 0.15) is 24.1 Å². The Morgan fingerprint density at radius 1 is 1.35 bits per heavy atom. The van der Waals surface area contributed by atoms with Gasteiger partial charge in [0.2, 0.25) is 11.6 Å². The maximum atomic E-state index is 11.0. The van der Waals surface area contributed by atoms with Gasteiger partial charge in [-0.1, -0.05) is 6.07 Å². The van der Waals surface area contributed by atoms with Crippen molar-refractivity contribution >= 4 is 5.69 Å². The second-order valence-corrected chi connectivity index (χ2v) is 4.55. The molecule has 6 nitrogen and oxygen atoms in total. The Labute approximate surface area is 116 Å². The molecule has 2 aromatic rings. The van der Waals surface area contributed by atoms with Crippen molar-refractivity contribution in [3.63, 3.8) is 0 Å². The van der Waals surface area contributed by atoms with Crippen LogP contribution in [0.3, 0.4) is 0 Å². The summed E-state index contributed by atoms with van der Waals surface area (Å²) in [6.07, 6.45) is 1.56. The minimum absolute atomic E-state index is 0.0852. The van der Waals surface area contributed by atoms with Gasteiger partial charge < -0.3 is 10.5 Å². The summed E-state index contributed by atoms with van der Waals surface area (Å²) in [5.74, 6) is 0.446. The summed E-state index contributed by atoms with van der Waals surface area (Å²) in [7, 11) is 0. The number of aryl methyl sites for hydroxylation is 1. The van der Waals surface area contributed by atoms with Crippen LogP contribution in [-0.2, 0) is 0 Å². The van der Waals surface area contributed by atoms with Gasteiger partial charge in [0, 0.05) is 24.4 Å². The number of nitro groups is 1. The van der Waals surface area contributed by atoms with E-state index < -0.39 is 4.92 Å². The molecule has 0 spiro atoms.